The van der Waals surface area contributed by atoms with E-state index >= 15 is 0 Å². The second kappa shape index (κ2) is 7.39. The van der Waals surface area contributed by atoms with Crippen LogP contribution in [0.2, 0.25) is 0 Å². The SMILES string of the molecule is CCCNCc1cccc(CN2CCN(C)C(C)(C)C2)c1. The van der Waals surface area contributed by atoms with Crippen LogP contribution in [0, 0.1) is 0 Å². The summed E-state index contributed by atoms with van der Waals surface area (Å²) in [7, 11) is 2.23. The maximum Gasteiger partial charge on any atom is 0.0277 e. The van der Waals surface area contributed by atoms with Crippen LogP contribution in [0.1, 0.15) is 38.3 Å². The molecular formula is C18H31N3. The lowest BCUT2D eigenvalue weighted by Gasteiger charge is -2.45. The van der Waals surface area contributed by atoms with Crippen LogP contribution >= 0.6 is 0 Å². The maximum atomic E-state index is 3.48. The minimum absolute atomic E-state index is 0.276. The fourth-order valence-corrected chi connectivity index (χ4v) is 2.98. The first-order valence-electron chi connectivity index (χ1n) is 8.23. The zero-order chi connectivity index (χ0) is 15.3. The van der Waals surface area contributed by atoms with Crippen molar-refractivity contribution in [3.05, 3.63) is 35.4 Å². The highest BCUT2D eigenvalue weighted by Gasteiger charge is 2.30. The second-order valence-electron chi connectivity index (χ2n) is 6.94. The van der Waals surface area contributed by atoms with Gasteiger partial charge in [0.25, 0.3) is 0 Å². The summed E-state index contributed by atoms with van der Waals surface area (Å²) in [6.07, 6.45) is 1.19. The van der Waals surface area contributed by atoms with Crippen molar-refractivity contribution in [2.45, 2.75) is 45.8 Å². The number of hydrogen-bond acceptors (Lipinski definition) is 3. The van der Waals surface area contributed by atoms with Crippen LogP contribution in [0.5, 0.6) is 0 Å². The number of benzene rings is 1. The molecule has 0 radical (unpaired) electrons. The molecular weight excluding hydrogens is 258 g/mol. The second-order valence-corrected chi connectivity index (χ2v) is 6.94. The molecule has 1 aliphatic heterocycles. The molecule has 0 bridgehead atoms. The molecule has 0 spiro atoms. The van der Waals surface area contributed by atoms with E-state index in [9.17, 15) is 0 Å². The van der Waals surface area contributed by atoms with E-state index in [1.807, 2.05) is 0 Å². The van der Waals surface area contributed by atoms with Crippen LogP contribution in [0.25, 0.3) is 0 Å². The van der Waals surface area contributed by atoms with Crippen molar-refractivity contribution in [2.75, 3.05) is 33.2 Å². The Labute approximate surface area is 130 Å². The molecule has 0 aliphatic carbocycles. The van der Waals surface area contributed by atoms with Gasteiger partial charge in [-0.25, -0.2) is 0 Å². The molecule has 1 aromatic rings. The third-order valence-electron chi connectivity index (χ3n) is 4.55. The monoisotopic (exact) mass is 289 g/mol. The molecule has 3 nitrogen and oxygen atoms in total. The van der Waals surface area contributed by atoms with Gasteiger partial charge in [-0.1, -0.05) is 31.2 Å². The summed E-state index contributed by atoms with van der Waals surface area (Å²) in [6, 6.07) is 9.03. The quantitative estimate of drug-likeness (QED) is 0.812. The molecule has 21 heavy (non-hydrogen) atoms. The molecule has 1 N–H and O–H groups in total. The molecule has 0 saturated carbocycles. The summed E-state index contributed by atoms with van der Waals surface area (Å²) in [5, 5.41) is 3.48. The Hall–Kier alpha value is -0.900. The summed E-state index contributed by atoms with van der Waals surface area (Å²) in [6.45, 7) is 13.5. The highest BCUT2D eigenvalue weighted by molar-refractivity contribution is 5.23. The smallest absolute Gasteiger partial charge is 0.0277 e. The van der Waals surface area contributed by atoms with Gasteiger partial charge >= 0.3 is 0 Å². The molecule has 0 atom stereocenters. The maximum absolute atomic E-state index is 3.48. The van der Waals surface area contributed by atoms with Gasteiger partial charge in [-0.3, -0.25) is 9.80 Å². The first-order chi connectivity index (χ1) is 10.0. The van der Waals surface area contributed by atoms with Crippen molar-refractivity contribution in [1.82, 2.24) is 15.1 Å². The molecule has 1 aromatic carbocycles. The first-order valence-corrected chi connectivity index (χ1v) is 8.23. The van der Waals surface area contributed by atoms with E-state index in [0.29, 0.717) is 0 Å². The number of piperazine rings is 1. The standard InChI is InChI=1S/C18H31N3/c1-5-9-19-13-16-7-6-8-17(12-16)14-21-11-10-20(4)18(2,3)15-21/h6-8,12,19H,5,9-11,13-15H2,1-4H3. The summed E-state index contributed by atoms with van der Waals surface area (Å²) in [4.78, 5) is 5.05. The van der Waals surface area contributed by atoms with Crippen LogP contribution in [-0.4, -0.2) is 48.6 Å². The van der Waals surface area contributed by atoms with E-state index in [4.69, 9.17) is 0 Å². The highest BCUT2D eigenvalue weighted by Crippen LogP contribution is 2.20. The largest absolute Gasteiger partial charge is 0.313 e. The number of hydrogen-bond donors (Lipinski definition) is 1. The number of nitrogens with one attached hydrogen (secondary N) is 1. The van der Waals surface area contributed by atoms with E-state index in [2.05, 4.69) is 67.2 Å². The predicted octanol–water partition coefficient (Wildman–Crippen LogP) is 2.71. The first kappa shape index (κ1) is 16.5. The minimum Gasteiger partial charge on any atom is -0.313 e. The lowest BCUT2D eigenvalue weighted by atomic mass is 9.99. The number of nitrogens with zero attached hydrogens (tertiary/aromatic N) is 2. The van der Waals surface area contributed by atoms with Gasteiger partial charge in [-0.2, -0.15) is 0 Å². The van der Waals surface area contributed by atoms with E-state index in [1.54, 1.807) is 0 Å². The van der Waals surface area contributed by atoms with Crippen LogP contribution < -0.4 is 5.32 Å². The van der Waals surface area contributed by atoms with E-state index in [-0.39, 0.29) is 5.54 Å². The Kier molecular flexibility index (Phi) is 5.80. The van der Waals surface area contributed by atoms with Crippen molar-refractivity contribution in [3.63, 3.8) is 0 Å². The van der Waals surface area contributed by atoms with Crippen LogP contribution in [-0.2, 0) is 13.1 Å². The molecule has 1 fully saturated rings. The Morgan fingerprint density at radius 1 is 1.19 bits per heavy atom. The summed E-state index contributed by atoms with van der Waals surface area (Å²) in [5.41, 5.74) is 3.11. The Morgan fingerprint density at radius 3 is 2.67 bits per heavy atom. The van der Waals surface area contributed by atoms with Gasteiger partial charge in [-0.05, 0) is 45.0 Å². The Bertz CT molecular complexity index is 442. The molecule has 1 aliphatic rings. The topological polar surface area (TPSA) is 18.5 Å². The Morgan fingerprint density at radius 2 is 1.95 bits per heavy atom. The van der Waals surface area contributed by atoms with Crippen molar-refractivity contribution in [2.24, 2.45) is 0 Å². The zero-order valence-corrected chi connectivity index (χ0v) is 14.2. The van der Waals surface area contributed by atoms with Crippen LogP contribution in [0.15, 0.2) is 24.3 Å². The van der Waals surface area contributed by atoms with Gasteiger partial charge in [0.1, 0.15) is 0 Å². The molecule has 0 aromatic heterocycles. The number of likely N-dealkylation sites (N-methyl/N-ethyl adjacent to an activating group) is 1. The van der Waals surface area contributed by atoms with Gasteiger partial charge in [0, 0.05) is 38.3 Å². The molecule has 3 heteroatoms. The van der Waals surface area contributed by atoms with Gasteiger partial charge in [0.15, 0.2) is 0 Å². The van der Waals surface area contributed by atoms with Gasteiger partial charge in [-0.15, -0.1) is 0 Å². The Balaban J connectivity index is 1.92. The van der Waals surface area contributed by atoms with E-state index in [1.165, 1.54) is 17.5 Å². The summed E-state index contributed by atoms with van der Waals surface area (Å²) in [5.74, 6) is 0. The molecule has 1 saturated heterocycles. The molecule has 1 heterocycles. The van der Waals surface area contributed by atoms with E-state index in [0.717, 1.165) is 39.3 Å². The fraction of sp³-hybridized carbons (Fsp3) is 0.667. The third-order valence-corrected chi connectivity index (χ3v) is 4.55. The van der Waals surface area contributed by atoms with Gasteiger partial charge in [0.05, 0.1) is 0 Å². The van der Waals surface area contributed by atoms with Crippen molar-refractivity contribution in [3.8, 4) is 0 Å². The lowest BCUT2D eigenvalue weighted by Crippen LogP contribution is -2.57. The lowest BCUT2D eigenvalue weighted by molar-refractivity contribution is 0.0360. The van der Waals surface area contributed by atoms with Gasteiger partial charge < -0.3 is 5.32 Å². The molecule has 0 amide bonds. The van der Waals surface area contributed by atoms with Crippen molar-refractivity contribution in [1.29, 1.82) is 0 Å². The van der Waals surface area contributed by atoms with Gasteiger partial charge in [0.2, 0.25) is 0 Å². The molecule has 2 rings (SSSR count). The highest BCUT2D eigenvalue weighted by atomic mass is 15.3. The van der Waals surface area contributed by atoms with Crippen LogP contribution in [0.3, 0.4) is 0 Å². The normalized spacial score (nSPS) is 19.8. The molecule has 0 unspecified atom stereocenters. The molecule has 118 valence electrons. The average Bonchev–Trinajstić information content (AvgIpc) is 2.43. The third kappa shape index (κ3) is 4.80. The number of rotatable bonds is 6. The zero-order valence-electron chi connectivity index (χ0n) is 14.2. The van der Waals surface area contributed by atoms with Crippen molar-refractivity contribution >= 4 is 0 Å². The van der Waals surface area contributed by atoms with Crippen molar-refractivity contribution < 1.29 is 0 Å². The predicted molar refractivity (Wildman–Crippen MR) is 90.4 cm³/mol. The van der Waals surface area contributed by atoms with Crippen LogP contribution in [0.4, 0.5) is 0 Å². The fourth-order valence-electron chi connectivity index (χ4n) is 2.98. The summed E-state index contributed by atoms with van der Waals surface area (Å²) >= 11 is 0. The summed E-state index contributed by atoms with van der Waals surface area (Å²) < 4.78 is 0. The average molecular weight is 289 g/mol. The van der Waals surface area contributed by atoms with E-state index < -0.39 is 0 Å². The minimum atomic E-state index is 0.276.